The Morgan fingerprint density at radius 1 is 1.44 bits per heavy atom. The van der Waals surface area contributed by atoms with E-state index in [0.29, 0.717) is 6.04 Å². The van der Waals surface area contributed by atoms with E-state index in [-0.39, 0.29) is 12.4 Å². The van der Waals surface area contributed by atoms with E-state index in [4.69, 9.17) is 4.74 Å². The van der Waals surface area contributed by atoms with Crippen LogP contribution in [0, 0.1) is 6.92 Å². The minimum Gasteiger partial charge on any atom is -0.492 e. The predicted octanol–water partition coefficient (Wildman–Crippen LogP) is 2.09. The fourth-order valence-electron chi connectivity index (χ4n) is 2.20. The van der Waals surface area contributed by atoms with Gasteiger partial charge < -0.3 is 10.1 Å². The first-order valence-corrected chi connectivity index (χ1v) is 6.40. The molecule has 3 nitrogen and oxygen atoms in total. The molecule has 2 rings (SSSR count). The second kappa shape index (κ2) is 7.62. The van der Waals surface area contributed by atoms with Gasteiger partial charge in [-0.25, -0.2) is 0 Å². The van der Waals surface area contributed by atoms with E-state index in [1.165, 1.54) is 5.56 Å². The van der Waals surface area contributed by atoms with E-state index in [9.17, 15) is 0 Å². The summed E-state index contributed by atoms with van der Waals surface area (Å²) < 4.78 is 5.78. The first-order valence-electron chi connectivity index (χ1n) is 6.40. The summed E-state index contributed by atoms with van der Waals surface area (Å²) in [5, 5.41) is 3.40. The largest absolute Gasteiger partial charge is 0.492 e. The van der Waals surface area contributed by atoms with Crippen LogP contribution >= 0.6 is 12.4 Å². The van der Waals surface area contributed by atoms with Crippen molar-refractivity contribution in [2.45, 2.75) is 19.9 Å². The Hall–Kier alpha value is -0.770. The average Bonchev–Trinajstić information content (AvgIpc) is 2.32. The van der Waals surface area contributed by atoms with Crippen LogP contribution in [0.3, 0.4) is 0 Å². The third-order valence-corrected chi connectivity index (χ3v) is 3.28. The lowest BCUT2D eigenvalue weighted by Crippen LogP contribution is -2.50. The Morgan fingerprint density at radius 2 is 2.28 bits per heavy atom. The smallest absolute Gasteiger partial charge is 0.119 e. The molecule has 0 saturated carbocycles. The number of piperazine rings is 1. The van der Waals surface area contributed by atoms with Gasteiger partial charge in [-0.3, -0.25) is 4.90 Å². The fourth-order valence-corrected chi connectivity index (χ4v) is 2.20. The van der Waals surface area contributed by atoms with E-state index in [2.05, 4.69) is 36.2 Å². The molecule has 0 spiro atoms. The van der Waals surface area contributed by atoms with Crippen molar-refractivity contribution in [2.24, 2.45) is 0 Å². The maximum atomic E-state index is 5.78. The molecule has 0 aromatic heterocycles. The number of nitrogens with one attached hydrogen (secondary N) is 1. The summed E-state index contributed by atoms with van der Waals surface area (Å²) in [6.45, 7) is 9.44. The van der Waals surface area contributed by atoms with E-state index < -0.39 is 0 Å². The van der Waals surface area contributed by atoms with Crippen molar-refractivity contribution in [3.8, 4) is 5.75 Å². The number of nitrogens with zero attached hydrogens (tertiary/aromatic N) is 1. The maximum absolute atomic E-state index is 5.78. The van der Waals surface area contributed by atoms with Crippen LogP contribution in [0.15, 0.2) is 24.3 Å². The average molecular weight is 271 g/mol. The number of aryl methyl sites for hydroxylation is 1. The number of hydrogen-bond donors (Lipinski definition) is 1. The van der Waals surface area contributed by atoms with Gasteiger partial charge >= 0.3 is 0 Å². The van der Waals surface area contributed by atoms with Crippen LogP contribution in [0.2, 0.25) is 0 Å². The van der Waals surface area contributed by atoms with Gasteiger partial charge in [-0.1, -0.05) is 12.1 Å². The van der Waals surface area contributed by atoms with Crippen molar-refractivity contribution in [3.63, 3.8) is 0 Å². The molecule has 0 aliphatic carbocycles. The molecule has 0 amide bonds. The topological polar surface area (TPSA) is 24.5 Å². The zero-order chi connectivity index (χ0) is 12.1. The number of ether oxygens (including phenoxy) is 1. The summed E-state index contributed by atoms with van der Waals surface area (Å²) in [6, 6.07) is 8.85. The summed E-state index contributed by atoms with van der Waals surface area (Å²) in [4.78, 5) is 2.48. The molecule has 1 heterocycles. The lowest BCUT2D eigenvalue weighted by atomic mass is 10.2. The van der Waals surface area contributed by atoms with Crippen molar-refractivity contribution in [2.75, 3.05) is 32.8 Å². The second-order valence-electron chi connectivity index (χ2n) is 4.75. The lowest BCUT2D eigenvalue weighted by Gasteiger charge is -2.33. The summed E-state index contributed by atoms with van der Waals surface area (Å²) in [7, 11) is 0. The Labute approximate surface area is 116 Å². The highest BCUT2D eigenvalue weighted by Gasteiger charge is 2.16. The van der Waals surface area contributed by atoms with Gasteiger partial charge in [0.25, 0.3) is 0 Å². The maximum Gasteiger partial charge on any atom is 0.119 e. The number of halogens is 1. The van der Waals surface area contributed by atoms with Gasteiger partial charge in [-0.15, -0.1) is 12.4 Å². The highest BCUT2D eigenvalue weighted by molar-refractivity contribution is 5.85. The Morgan fingerprint density at radius 3 is 3.00 bits per heavy atom. The van der Waals surface area contributed by atoms with Crippen LogP contribution in [-0.2, 0) is 0 Å². The van der Waals surface area contributed by atoms with Gasteiger partial charge in [-0.05, 0) is 31.5 Å². The van der Waals surface area contributed by atoms with E-state index in [0.717, 1.165) is 38.5 Å². The lowest BCUT2D eigenvalue weighted by molar-refractivity contribution is 0.143. The van der Waals surface area contributed by atoms with Crippen molar-refractivity contribution >= 4 is 12.4 Å². The molecule has 1 atom stereocenters. The third kappa shape index (κ3) is 4.48. The first-order chi connectivity index (χ1) is 8.25. The monoisotopic (exact) mass is 270 g/mol. The summed E-state index contributed by atoms with van der Waals surface area (Å²) in [5.74, 6) is 0.979. The van der Waals surface area contributed by atoms with Crippen molar-refractivity contribution < 1.29 is 4.74 Å². The molecule has 1 aromatic carbocycles. The first kappa shape index (κ1) is 15.3. The standard InChI is InChI=1S/C14H22N2O.ClH/c1-12-4-3-5-14(10-12)17-9-8-16-7-6-15-11-13(16)2;/h3-5,10,13,15H,6-9,11H2,1-2H3;1H/t13-;/m0./s1. The van der Waals surface area contributed by atoms with Crippen LogP contribution in [0.1, 0.15) is 12.5 Å². The summed E-state index contributed by atoms with van der Waals surface area (Å²) >= 11 is 0. The van der Waals surface area contributed by atoms with Crippen LogP contribution < -0.4 is 10.1 Å². The molecule has 18 heavy (non-hydrogen) atoms. The molecule has 1 aliphatic rings. The highest BCUT2D eigenvalue weighted by atomic mass is 35.5. The molecule has 0 unspecified atom stereocenters. The van der Waals surface area contributed by atoms with Crippen molar-refractivity contribution in [1.29, 1.82) is 0 Å². The highest BCUT2D eigenvalue weighted by Crippen LogP contribution is 2.12. The Bertz CT molecular complexity index is 359. The van der Waals surface area contributed by atoms with Crippen LogP contribution in [0.25, 0.3) is 0 Å². The number of hydrogen-bond acceptors (Lipinski definition) is 3. The van der Waals surface area contributed by atoms with Gasteiger partial charge in [0.1, 0.15) is 12.4 Å². The molecule has 1 aliphatic heterocycles. The minimum absolute atomic E-state index is 0. The predicted molar refractivity (Wildman–Crippen MR) is 77.8 cm³/mol. The van der Waals surface area contributed by atoms with Gasteiger partial charge in [0.2, 0.25) is 0 Å². The third-order valence-electron chi connectivity index (χ3n) is 3.28. The van der Waals surface area contributed by atoms with Crippen molar-refractivity contribution in [1.82, 2.24) is 10.2 Å². The molecular weight excluding hydrogens is 248 g/mol. The molecule has 1 aromatic rings. The quantitative estimate of drug-likeness (QED) is 0.907. The van der Waals surface area contributed by atoms with Gasteiger partial charge in [0, 0.05) is 32.2 Å². The zero-order valence-corrected chi connectivity index (χ0v) is 12.0. The zero-order valence-electron chi connectivity index (χ0n) is 11.2. The van der Waals surface area contributed by atoms with E-state index >= 15 is 0 Å². The van der Waals surface area contributed by atoms with Gasteiger partial charge in [-0.2, -0.15) is 0 Å². The second-order valence-corrected chi connectivity index (χ2v) is 4.75. The summed E-state index contributed by atoms with van der Waals surface area (Å²) in [6.07, 6.45) is 0. The number of benzene rings is 1. The Kier molecular flexibility index (Phi) is 6.47. The molecule has 1 saturated heterocycles. The van der Waals surface area contributed by atoms with Crippen molar-refractivity contribution in [3.05, 3.63) is 29.8 Å². The molecule has 1 fully saturated rings. The molecule has 0 radical (unpaired) electrons. The van der Waals surface area contributed by atoms with E-state index in [1.807, 2.05) is 12.1 Å². The summed E-state index contributed by atoms with van der Waals surface area (Å²) in [5.41, 5.74) is 1.25. The van der Waals surface area contributed by atoms with Crippen LogP contribution in [0.5, 0.6) is 5.75 Å². The minimum atomic E-state index is 0. The van der Waals surface area contributed by atoms with Crippen LogP contribution in [0.4, 0.5) is 0 Å². The number of rotatable bonds is 4. The molecular formula is C14H23ClN2O. The molecule has 4 heteroatoms. The Balaban J connectivity index is 0.00000162. The fraction of sp³-hybridized carbons (Fsp3) is 0.571. The SMILES string of the molecule is Cc1cccc(OCCN2CCNC[C@@H]2C)c1.Cl. The molecule has 102 valence electrons. The molecule has 1 N–H and O–H groups in total. The molecule has 0 bridgehead atoms. The van der Waals surface area contributed by atoms with Gasteiger partial charge in [0.05, 0.1) is 0 Å². The van der Waals surface area contributed by atoms with E-state index in [1.54, 1.807) is 0 Å². The van der Waals surface area contributed by atoms with Gasteiger partial charge in [0.15, 0.2) is 0 Å². The van der Waals surface area contributed by atoms with Crippen LogP contribution in [-0.4, -0.2) is 43.7 Å². The normalized spacial score (nSPS) is 20.2.